The molecule has 0 saturated carbocycles. The molecular formula is C83H91Cl5I9N13O10V2-. The van der Waals surface area contributed by atoms with Crippen molar-refractivity contribution in [1.29, 1.82) is 0 Å². The van der Waals surface area contributed by atoms with Gasteiger partial charge in [0, 0.05) is 167 Å². The SMILES string of the molecule is C.C.CI.COc1ccc(N)cc1.COc1ccc(NC(=O)Nc2ccc(Cl)c(C)c2)cc1.Cc1cc(N)ccc1Cl.Cc1cc(N=C=O)ccc1Cl.Cc1cc(NC(=O)Nc2ccc(O)cc2)ccc1Cl.II.I[I-]I.[2H]C([2H])([2H])NC(=O)c1cc(C)ccn1.[2H]C([2H])([2H])NC(=O)c1cc(Oc2ccc(NC(=O)Nc3ccc(Cl)c(C)c3)cc2)ccn1.[I][V]([I])[I].[V]. The van der Waals surface area contributed by atoms with E-state index in [0.29, 0.717) is 84.7 Å². The summed E-state index contributed by atoms with van der Waals surface area (Å²) in [5.41, 5.74) is 22.3. The Bertz CT molecular complexity index is 5230. The number of isocyanates is 1. The van der Waals surface area contributed by atoms with Crippen molar-refractivity contribution < 1.29 is 93.0 Å². The Labute approximate surface area is 864 Å². The van der Waals surface area contributed by atoms with E-state index in [9.17, 15) is 28.8 Å². The van der Waals surface area contributed by atoms with Crippen molar-refractivity contribution in [3.05, 3.63) is 295 Å². The molecule has 0 unspecified atom stereocenters. The second kappa shape index (κ2) is 71.3. The molecule has 2 heterocycles. The first-order valence-corrected chi connectivity index (χ1v) is 69.6. The molecule has 39 heteroatoms. The van der Waals surface area contributed by atoms with Crippen LogP contribution in [0.2, 0.25) is 25.1 Å². The second-order valence-electron chi connectivity index (χ2n) is 22.7. The molecule has 0 aliphatic heterocycles. The van der Waals surface area contributed by atoms with Crippen molar-refractivity contribution in [1.82, 2.24) is 20.6 Å². The molecule has 0 spiro atoms. The molecule has 0 saturated heterocycles. The number of aryl methyl sites for hydroxylation is 6. The number of alkyl halides is 1. The largest absolute Gasteiger partial charge is 0 e. The number of aliphatic imine (C=N–C) groups is 1. The Morgan fingerprint density at radius 1 is 0.451 bits per heavy atom. The molecule has 9 aromatic carbocycles. The van der Waals surface area contributed by atoms with Gasteiger partial charge in [-0.2, -0.15) is 4.99 Å². The first-order valence-electron chi connectivity index (χ1n) is 36.2. The van der Waals surface area contributed by atoms with Crippen LogP contribution in [0.4, 0.5) is 65.6 Å². The summed E-state index contributed by atoms with van der Waals surface area (Å²) in [4.78, 5) is 81.6. The van der Waals surface area contributed by atoms with Gasteiger partial charge in [0.1, 0.15) is 40.1 Å². The van der Waals surface area contributed by atoms with Gasteiger partial charge in [0.15, 0.2) is 0 Å². The van der Waals surface area contributed by atoms with Gasteiger partial charge in [-0.25, -0.2) is 19.2 Å². The van der Waals surface area contributed by atoms with Crippen molar-refractivity contribution in [2.45, 2.75) is 56.4 Å². The summed E-state index contributed by atoms with van der Waals surface area (Å²) in [6, 6.07) is 58.4. The second-order valence-corrected chi connectivity index (χ2v) is 76.3. The van der Waals surface area contributed by atoms with Crippen LogP contribution in [-0.4, -0.2) is 84.2 Å². The number of nitrogens with zero attached hydrogens (tertiary/aromatic N) is 3. The number of carbonyl (C=O) groups is 5. The van der Waals surface area contributed by atoms with Gasteiger partial charge in [0.05, 0.1) is 19.9 Å². The molecule has 8 amide bonds. The molecule has 11 aromatic rings. The van der Waals surface area contributed by atoms with Gasteiger partial charge in [0.25, 0.3) is 11.8 Å². The van der Waals surface area contributed by atoms with Gasteiger partial charge in [-0.3, -0.25) is 19.6 Å². The first-order chi connectivity index (χ1) is 59.0. The van der Waals surface area contributed by atoms with Crippen molar-refractivity contribution in [3.63, 3.8) is 0 Å². The summed E-state index contributed by atoms with van der Waals surface area (Å²) in [6.07, 6.45) is 4.26. The standard InChI is InChI=1S/C21H19ClN4O3.C15H15ClN2O2.C14H13ClN2O2.C8H6ClNO.C8H10N2O.C7H8ClN.C7H9NO.CH3I.2CH4.I3.I2.3HI.2V/c1-13-11-15(5-8-18(13)22)26-21(28)25-14-3-6-16(7-4-14)29-17-9-10-24-19(12-17)20(27)23-2;1-10-9-12(5-8-14(10)16)18-15(19)17-11-3-6-13(20-2)7-4-11;1-9-8-11(4-7-13(9)15)17-14(19)16-10-2-5-12(18)6-3-10;1-6-4-7(10-5-11)2-3-8(6)9;1-6-3-4-10-7(5-6)8(11)9-2;1-5-4-6(9)2-3-7(5)8;1-9-7-4-2-6(8)3-5-7;1-2;;;1-3-2;1-2;;;;;/h3-12H,1-2H3,(H,23,27)(H2,25,26,28);3-9H,1-2H3,(H2,17,18,19);2-8,18H,1H3,(H2,16,17,19);2-4H,1H3;3-5H,1-2H3,(H,9,11);2-4H,9H2,1H3;2-5H,8H2,1H3;1H3;2*1H4;;;3*1H;;/q;;;;;;;;;;-1;;;;;;+3/p-3/i2D3;;;;2D3;;;;;;;;;;;;. The number of methoxy groups -OCH3 is 2. The Hall–Kier alpha value is -4.60. The number of phenols is 1. The molecule has 23 nitrogen and oxygen atoms in total. The van der Waals surface area contributed by atoms with Crippen molar-refractivity contribution >= 4 is 302 Å². The van der Waals surface area contributed by atoms with E-state index in [4.69, 9.17) is 97.0 Å². The fourth-order valence-corrected chi connectivity index (χ4v) is 9.01. The summed E-state index contributed by atoms with van der Waals surface area (Å²) in [5.74, 6) is 0.947. The average Bonchev–Trinajstić information content (AvgIpc) is 0.852. The topological polar surface area (TPSA) is 337 Å². The molecule has 122 heavy (non-hydrogen) atoms. The Morgan fingerprint density at radius 3 is 1.09 bits per heavy atom. The maximum Gasteiger partial charge on any atom is 0 e. The van der Waals surface area contributed by atoms with Crippen molar-refractivity contribution in [3.8, 4) is 28.7 Å². The monoisotopic (exact) mass is 2850 g/mol. The van der Waals surface area contributed by atoms with Crippen LogP contribution in [0.25, 0.3) is 0 Å². The van der Waals surface area contributed by atoms with E-state index in [1.165, 1.54) is 48.8 Å². The number of aromatic nitrogens is 2. The quantitative estimate of drug-likeness (QED) is 0.0128. The third-order valence-electron chi connectivity index (χ3n) is 14.0. The number of ether oxygens (including phenoxy) is 3. The molecule has 0 atom stereocenters. The van der Waals surface area contributed by atoms with E-state index in [0.717, 1.165) is 61.3 Å². The van der Waals surface area contributed by atoms with Crippen LogP contribution in [-0.2, 0) is 28.3 Å². The molecule has 657 valence electrons. The van der Waals surface area contributed by atoms with Gasteiger partial charge in [-0.15, -0.1) is 0 Å². The van der Waals surface area contributed by atoms with Gasteiger partial charge >= 0.3 is 133 Å². The number of halogens is 14. The van der Waals surface area contributed by atoms with Gasteiger partial charge < -0.3 is 73.3 Å². The van der Waals surface area contributed by atoms with Crippen LogP contribution in [0.1, 0.15) is 77.4 Å². The minimum absolute atomic E-state index is 0. The summed E-state index contributed by atoms with van der Waals surface area (Å²) >= 11 is 48.4. The molecule has 2 aromatic heterocycles. The molecular weight excluding hydrogens is 2760 g/mol. The van der Waals surface area contributed by atoms with Crippen LogP contribution in [0.15, 0.2) is 230 Å². The number of aromatic hydroxyl groups is 1. The van der Waals surface area contributed by atoms with E-state index >= 15 is 0 Å². The fourth-order valence-electron chi connectivity index (χ4n) is 8.42. The number of urea groups is 3. The smallest absolute Gasteiger partial charge is 0 e. The zero-order chi connectivity index (χ0) is 94.5. The zero-order valence-electron chi connectivity index (χ0n) is 70.7. The Morgan fingerprint density at radius 2 is 0.754 bits per heavy atom. The number of benzene rings is 9. The average molecular weight is 2860 g/mol. The maximum absolute atomic E-state index is 12.2. The normalized spacial score (nSPS) is 10.1. The van der Waals surface area contributed by atoms with Crippen molar-refractivity contribution in [2.24, 2.45) is 4.99 Å². The summed E-state index contributed by atoms with van der Waals surface area (Å²) in [7, 11) is 3.23. The van der Waals surface area contributed by atoms with Crippen LogP contribution in [0.5, 0.6) is 28.7 Å². The van der Waals surface area contributed by atoms with E-state index in [-0.39, 0.29) is 67.5 Å². The van der Waals surface area contributed by atoms with E-state index in [2.05, 4.69) is 204 Å². The summed E-state index contributed by atoms with van der Waals surface area (Å²) in [6.45, 7) is 6.09. The van der Waals surface area contributed by atoms with Gasteiger partial charge in [-0.1, -0.05) is 95.4 Å². The molecule has 0 aliphatic rings. The number of anilines is 8. The molecule has 0 aliphatic carbocycles. The number of nitrogens with one attached hydrogen (secondary N) is 8. The number of rotatable bonds is 13. The Kier molecular flexibility index (Phi) is 64.2. The first kappa shape index (κ1) is 110. The minimum atomic E-state index is -2.61. The van der Waals surface area contributed by atoms with E-state index in [1.54, 1.807) is 179 Å². The number of nitrogens with two attached hydrogens (primary N) is 2. The van der Waals surface area contributed by atoms with E-state index < -0.39 is 31.8 Å². The number of hydrogen-bond donors (Lipinski definition) is 11. The maximum atomic E-state index is 12.2. The number of pyridine rings is 2. The predicted octanol–water partition coefficient (Wildman–Crippen LogP) is 25.5. The predicted molar refractivity (Wildman–Crippen MR) is 568 cm³/mol. The van der Waals surface area contributed by atoms with Crippen LogP contribution >= 0.6 is 215 Å². The zero-order valence-corrected chi connectivity index (χ0v) is 90.7. The van der Waals surface area contributed by atoms with Gasteiger partial charge in [-0.05, 0) is 286 Å². The minimum Gasteiger partial charge on any atom is 0 e. The summed E-state index contributed by atoms with van der Waals surface area (Å²) in [5, 5.41) is 32.5. The molecule has 0 fully saturated rings. The van der Waals surface area contributed by atoms with Crippen LogP contribution < -0.4 is 81.5 Å². The van der Waals surface area contributed by atoms with Crippen LogP contribution in [0, 0.1) is 41.5 Å². The van der Waals surface area contributed by atoms with E-state index in [1.807, 2.05) is 74.4 Å². The van der Waals surface area contributed by atoms with Crippen LogP contribution in [0.3, 0.4) is 0 Å². The number of amides is 8. The van der Waals surface area contributed by atoms with Gasteiger partial charge in [0.2, 0.25) is 6.08 Å². The number of hydrogen-bond acceptors (Lipinski definition) is 15. The third-order valence-corrected chi connectivity index (χ3v) is 16.1. The molecule has 0 bridgehead atoms. The summed E-state index contributed by atoms with van der Waals surface area (Å²) < 4.78 is 57.5. The van der Waals surface area contributed by atoms with Crippen molar-refractivity contribution in [2.75, 3.05) is 76.5 Å². The number of phenolic OH excluding ortho intramolecular Hbond substituents is 1. The third kappa shape index (κ3) is 53.9. The Balaban J connectivity index is -0.00000145. The molecule has 13 N–H and O–H groups in total. The number of carbonyl (C=O) groups excluding carboxylic acids is 6. The molecule has 11 rings (SSSR count). The molecule has 1 radical (unpaired) electrons. The number of nitrogen functional groups attached to an aromatic ring is 2. The fraction of sp³-hybridized carbons (Fsp3) is 0.157.